The summed E-state index contributed by atoms with van der Waals surface area (Å²) < 4.78 is 11.8. The van der Waals surface area contributed by atoms with Gasteiger partial charge in [-0.05, 0) is 46.4 Å². The average Bonchev–Trinajstić information content (AvgIpc) is 2.72. The number of nitro groups is 1. The Bertz CT molecular complexity index is 1270. The Morgan fingerprint density at radius 1 is 1.10 bits per heavy atom. The van der Waals surface area contributed by atoms with E-state index in [1.165, 1.54) is 12.1 Å². The van der Waals surface area contributed by atoms with Gasteiger partial charge in [0.25, 0.3) is 5.69 Å². The molecule has 0 atom stereocenters. The van der Waals surface area contributed by atoms with Gasteiger partial charge >= 0.3 is 11.6 Å². The van der Waals surface area contributed by atoms with Gasteiger partial charge in [0.15, 0.2) is 0 Å². The van der Waals surface area contributed by atoms with Gasteiger partial charge in [-0.25, -0.2) is 14.8 Å². The van der Waals surface area contributed by atoms with Crippen molar-refractivity contribution in [2.45, 2.75) is 6.42 Å². The van der Waals surface area contributed by atoms with Crippen LogP contribution in [0.25, 0.3) is 11.0 Å². The Morgan fingerprint density at radius 2 is 1.90 bits per heavy atom. The Hall–Kier alpha value is -3.34. The molecule has 0 aliphatic carbocycles. The first kappa shape index (κ1) is 19.0. The minimum atomic E-state index is -0.499. The molecule has 0 radical (unpaired) electrons. The summed E-state index contributed by atoms with van der Waals surface area (Å²) in [6.07, 6.45) is 3.35. The first-order valence-corrected chi connectivity index (χ1v) is 9.52. The molecule has 4 rings (SSSR count). The predicted octanol–water partition coefficient (Wildman–Crippen LogP) is 4.48. The molecule has 144 valence electrons. The van der Waals surface area contributed by atoms with E-state index in [1.807, 2.05) is 0 Å². The van der Waals surface area contributed by atoms with Gasteiger partial charge in [-0.1, -0.05) is 12.1 Å². The van der Waals surface area contributed by atoms with Crippen molar-refractivity contribution in [2.24, 2.45) is 0 Å². The second kappa shape index (κ2) is 7.95. The zero-order valence-corrected chi connectivity index (χ0v) is 16.9. The van der Waals surface area contributed by atoms with Crippen molar-refractivity contribution >= 4 is 39.2 Å². The molecule has 2 aromatic heterocycles. The lowest BCUT2D eigenvalue weighted by molar-refractivity contribution is -0.384. The molecule has 0 unspecified atom stereocenters. The lowest BCUT2D eigenvalue weighted by Gasteiger charge is -2.08. The van der Waals surface area contributed by atoms with E-state index >= 15 is 0 Å². The fraction of sp³-hybridized carbons (Fsp3) is 0.0500. The number of hydrogen-bond acceptors (Lipinski definition) is 7. The molecule has 0 aliphatic rings. The number of non-ortho nitro benzene ring substituents is 1. The van der Waals surface area contributed by atoms with Crippen molar-refractivity contribution in [2.75, 3.05) is 0 Å². The fourth-order valence-electron chi connectivity index (χ4n) is 2.82. The highest BCUT2D eigenvalue weighted by atomic mass is 127. The number of hydrogen-bond donors (Lipinski definition) is 0. The van der Waals surface area contributed by atoms with Crippen LogP contribution in [0.1, 0.15) is 11.1 Å². The maximum atomic E-state index is 12.6. The molecular weight excluding hydrogens is 489 g/mol. The molecule has 0 saturated carbocycles. The minimum Gasteiger partial charge on any atom is -0.424 e. The first-order valence-electron chi connectivity index (χ1n) is 8.45. The Kier molecular flexibility index (Phi) is 5.21. The van der Waals surface area contributed by atoms with E-state index in [0.29, 0.717) is 22.5 Å². The third-order valence-electron chi connectivity index (χ3n) is 4.16. The number of rotatable bonds is 5. The molecule has 0 fully saturated rings. The van der Waals surface area contributed by atoms with Crippen molar-refractivity contribution < 1.29 is 14.1 Å². The van der Waals surface area contributed by atoms with Crippen molar-refractivity contribution in [1.29, 1.82) is 0 Å². The standard InChI is InChI=1S/C20H12IN3O5/c21-18-15-6-5-14(28-20-22-7-2-8-23-20)11-17(15)29-19(25)16(18)10-12-3-1-4-13(9-12)24(26)27/h1-9,11H,10H2. The number of halogens is 1. The maximum Gasteiger partial charge on any atom is 0.340 e. The summed E-state index contributed by atoms with van der Waals surface area (Å²) in [6.45, 7) is 0. The molecule has 4 aromatic rings. The van der Waals surface area contributed by atoms with Crippen LogP contribution in [0.2, 0.25) is 0 Å². The van der Waals surface area contributed by atoms with Crippen molar-refractivity contribution in [3.63, 3.8) is 0 Å². The lowest BCUT2D eigenvalue weighted by Crippen LogP contribution is -2.11. The predicted molar refractivity (Wildman–Crippen MR) is 113 cm³/mol. The molecule has 2 heterocycles. The first-order chi connectivity index (χ1) is 14.0. The molecule has 0 spiro atoms. The highest BCUT2D eigenvalue weighted by molar-refractivity contribution is 14.1. The molecule has 0 N–H and O–H groups in total. The van der Waals surface area contributed by atoms with Gasteiger partial charge in [0.1, 0.15) is 11.3 Å². The summed E-state index contributed by atoms with van der Waals surface area (Å²) in [5, 5.41) is 11.7. The number of fused-ring (bicyclic) bond motifs is 1. The second-order valence-corrected chi connectivity index (χ2v) is 7.16. The Morgan fingerprint density at radius 3 is 2.66 bits per heavy atom. The summed E-state index contributed by atoms with van der Waals surface area (Å²) >= 11 is 2.09. The van der Waals surface area contributed by atoms with Crippen LogP contribution >= 0.6 is 22.6 Å². The van der Waals surface area contributed by atoms with Gasteiger partial charge in [-0.3, -0.25) is 10.1 Å². The van der Waals surface area contributed by atoms with Crippen LogP contribution in [-0.2, 0) is 6.42 Å². The van der Waals surface area contributed by atoms with Crippen LogP contribution in [0.15, 0.2) is 70.1 Å². The Labute approximate surface area is 177 Å². The van der Waals surface area contributed by atoms with E-state index in [2.05, 4.69) is 32.6 Å². The molecule has 0 amide bonds. The van der Waals surface area contributed by atoms with Gasteiger partial charge in [0.05, 0.1) is 10.5 Å². The fourth-order valence-corrected chi connectivity index (χ4v) is 3.68. The molecule has 2 aromatic carbocycles. The summed E-state index contributed by atoms with van der Waals surface area (Å²) in [7, 11) is 0. The van der Waals surface area contributed by atoms with Crippen LogP contribution in [0, 0.1) is 13.7 Å². The van der Waals surface area contributed by atoms with Crippen LogP contribution in [0.3, 0.4) is 0 Å². The van der Waals surface area contributed by atoms with Gasteiger partial charge in [0.2, 0.25) is 0 Å². The van der Waals surface area contributed by atoms with Crippen LogP contribution in [0.4, 0.5) is 5.69 Å². The number of ether oxygens (including phenoxy) is 1. The van der Waals surface area contributed by atoms with Crippen LogP contribution in [-0.4, -0.2) is 14.9 Å². The van der Waals surface area contributed by atoms with E-state index in [1.54, 1.807) is 48.8 Å². The highest BCUT2D eigenvalue weighted by Gasteiger charge is 2.15. The second-order valence-electron chi connectivity index (χ2n) is 6.08. The van der Waals surface area contributed by atoms with E-state index in [4.69, 9.17) is 9.15 Å². The largest absolute Gasteiger partial charge is 0.424 e. The molecule has 0 aliphatic heterocycles. The number of benzene rings is 2. The normalized spacial score (nSPS) is 10.8. The quantitative estimate of drug-likeness (QED) is 0.172. The monoisotopic (exact) mass is 501 g/mol. The molecule has 29 heavy (non-hydrogen) atoms. The lowest BCUT2D eigenvalue weighted by atomic mass is 10.0. The third kappa shape index (κ3) is 4.09. The number of aromatic nitrogens is 2. The van der Waals surface area contributed by atoms with Crippen LogP contribution < -0.4 is 10.4 Å². The van der Waals surface area contributed by atoms with Gasteiger partial charge in [0, 0.05) is 46.0 Å². The van der Waals surface area contributed by atoms with Crippen molar-refractivity contribution in [1.82, 2.24) is 9.97 Å². The number of nitro benzene ring substituents is 1. The smallest absolute Gasteiger partial charge is 0.340 e. The molecule has 0 bridgehead atoms. The van der Waals surface area contributed by atoms with E-state index in [0.717, 1.165) is 8.96 Å². The van der Waals surface area contributed by atoms with E-state index < -0.39 is 10.5 Å². The Balaban J connectivity index is 1.70. The van der Waals surface area contributed by atoms with Crippen LogP contribution in [0.5, 0.6) is 11.8 Å². The van der Waals surface area contributed by atoms with Crippen molar-refractivity contribution in [3.8, 4) is 11.8 Å². The SMILES string of the molecule is O=c1oc2cc(Oc3ncccn3)ccc2c(I)c1Cc1cccc([N+](=O)[O-])c1. The zero-order chi connectivity index (χ0) is 20.4. The summed E-state index contributed by atoms with van der Waals surface area (Å²) in [4.78, 5) is 31.1. The number of nitrogens with zero attached hydrogens (tertiary/aromatic N) is 3. The van der Waals surface area contributed by atoms with Gasteiger partial charge in [-0.2, -0.15) is 0 Å². The van der Waals surface area contributed by atoms with Gasteiger partial charge in [-0.15, -0.1) is 0 Å². The molecule has 8 nitrogen and oxygen atoms in total. The third-order valence-corrected chi connectivity index (χ3v) is 5.39. The highest BCUT2D eigenvalue weighted by Crippen LogP contribution is 2.28. The van der Waals surface area contributed by atoms with Gasteiger partial charge < -0.3 is 9.15 Å². The minimum absolute atomic E-state index is 0.0207. The van der Waals surface area contributed by atoms with E-state index in [-0.39, 0.29) is 18.1 Å². The topological polar surface area (TPSA) is 108 Å². The zero-order valence-electron chi connectivity index (χ0n) is 14.7. The summed E-state index contributed by atoms with van der Waals surface area (Å²) in [6, 6.07) is 13.2. The molecular formula is C20H12IN3O5. The molecule has 9 heteroatoms. The average molecular weight is 501 g/mol. The van der Waals surface area contributed by atoms with E-state index in [9.17, 15) is 14.9 Å². The maximum absolute atomic E-state index is 12.6. The molecule has 0 saturated heterocycles. The summed E-state index contributed by atoms with van der Waals surface area (Å²) in [5.41, 5.74) is 0.952. The van der Waals surface area contributed by atoms with Crippen molar-refractivity contribution in [3.05, 3.63) is 96.2 Å². The summed E-state index contributed by atoms with van der Waals surface area (Å²) in [5.74, 6) is 0.439.